The van der Waals surface area contributed by atoms with Crippen molar-refractivity contribution in [1.82, 2.24) is 14.8 Å². The molecule has 0 spiro atoms. The Kier molecular flexibility index (Phi) is 3.29. The van der Waals surface area contributed by atoms with Crippen molar-refractivity contribution in [3.05, 3.63) is 12.2 Å². The Hall–Kier alpha value is -0.570. The zero-order chi connectivity index (χ0) is 10.7. The highest BCUT2D eigenvalue weighted by atomic mass is 35.5. The summed E-state index contributed by atoms with van der Waals surface area (Å²) in [5.41, 5.74) is 0.320. The minimum atomic E-state index is 0.320. The molecule has 1 heterocycles. The van der Waals surface area contributed by atoms with E-state index in [2.05, 4.69) is 17.0 Å². The fraction of sp³-hybridized carbons (Fsp3) is 0.818. The smallest absolute Gasteiger partial charge is 0.138 e. The van der Waals surface area contributed by atoms with Crippen LogP contribution in [-0.2, 0) is 13.0 Å². The van der Waals surface area contributed by atoms with Crippen molar-refractivity contribution in [2.45, 2.75) is 45.6 Å². The molecule has 2 rings (SSSR count). The maximum atomic E-state index is 6.05. The number of rotatable bonds is 5. The SMILES string of the molecule is CCCn1ncnc1CC1(CCl)CCC1. The zero-order valence-corrected chi connectivity index (χ0v) is 10.0. The lowest BCUT2D eigenvalue weighted by Gasteiger charge is -2.40. The monoisotopic (exact) mass is 227 g/mol. The first kappa shape index (κ1) is 10.9. The number of halogens is 1. The third kappa shape index (κ3) is 2.17. The molecule has 0 unspecified atom stereocenters. The van der Waals surface area contributed by atoms with Gasteiger partial charge < -0.3 is 0 Å². The van der Waals surface area contributed by atoms with Crippen molar-refractivity contribution in [1.29, 1.82) is 0 Å². The van der Waals surface area contributed by atoms with Crippen LogP contribution in [0.3, 0.4) is 0 Å². The molecule has 0 aromatic carbocycles. The second kappa shape index (κ2) is 4.52. The Morgan fingerprint density at radius 2 is 2.33 bits per heavy atom. The molecule has 0 atom stereocenters. The van der Waals surface area contributed by atoms with Crippen LogP contribution in [0.2, 0.25) is 0 Å². The molecule has 0 bridgehead atoms. The van der Waals surface area contributed by atoms with E-state index in [9.17, 15) is 0 Å². The Balaban J connectivity index is 2.06. The van der Waals surface area contributed by atoms with Crippen molar-refractivity contribution in [3.63, 3.8) is 0 Å². The van der Waals surface area contributed by atoms with Gasteiger partial charge in [0, 0.05) is 18.8 Å². The highest BCUT2D eigenvalue weighted by molar-refractivity contribution is 6.18. The maximum absolute atomic E-state index is 6.05. The Morgan fingerprint density at radius 3 is 2.87 bits per heavy atom. The minimum absolute atomic E-state index is 0.320. The molecule has 1 fully saturated rings. The second-order valence-electron chi connectivity index (χ2n) is 4.56. The van der Waals surface area contributed by atoms with E-state index in [1.165, 1.54) is 19.3 Å². The zero-order valence-electron chi connectivity index (χ0n) is 9.25. The summed E-state index contributed by atoms with van der Waals surface area (Å²) in [6.45, 7) is 3.12. The van der Waals surface area contributed by atoms with Crippen molar-refractivity contribution in [2.24, 2.45) is 5.41 Å². The van der Waals surface area contributed by atoms with Crippen molar-refractivity contribution >= 4 is 11.6 Å². The van der Waals surface area contributed by atoms with Gasteiger partial charge in [0.15, 0.2) is 0 Å². The standard InChI is InChI=1S/C11H18ClN3/c1-2-6-15-10(13-9-14-15)7-11(8-12)4-3-5-11/h9H,2-8H2,1H3. The first-order valence-corrected chi connectivity index (χ1v) is 6.26. The van der Waals surface area contributed by atoms with E-state index in [4.69, 9.17) is 11.6 Å². The lowest BCUT2D eigenvalue weighted by molar-refractivity contribution is 0.160. The van der Waals surface area contributed by atoms with E-state index in [0.29, 0.717) is 5.41 Å². The lowest BCUT2D eigenvalue weighted by Crippen LogP contribution is -2.34. The summed E-state index contributed by atoms with van der Waals surface area (Å²) in [6.07, 6.45) is 7.56. The largest absolute Gasteiger partial charge is 0.250 e. The average Bonchev–Trinajstić information content (AvgIpc) is 2.60. The molecular formula is C11H18ClN3. The summed E-state index contributed by atoms with van der Waals surface area (Å²) in [7, 11) is 0. The van der Waals surface area contributed by atoms with Crippen molar-refractivity contribution < 1.29 is 0 Å². The van der Waals surface area contributed by atoms with Crippen molar-refractivity contribution in [3.8, 4) is 0 Å². The third-order valence-electron chi connectivity index (χ3n) is 3.36. The summed E-state index contributed by atoms with van der Waals surface area (Å²) in [5.74, 6) is 1.86. The molecule has 15 heavy (non-hydrogen) atoms. The van der Waals surface area contributed by atoms with Gasteiger partial charge in [-0.3, -0.25) is 4.68 Å². The van der Waals surface area contributed by atoms with Crippen LogP contribution in [0.4, 0.5) is 0 Å². The molecule has 0 amide bonds. The number of nitrogens with zero attached hydrogens (tertiary/aromatic N) is 3. The van der Waals surface area contributed by atoms with Gasteiger partial charge in [-0.25, -0.2) is 4.98 Å². The fourth-order valence-corrected chi connectivity index (χ4v) is 2.56. The van der Waals surface area contributed by atoms with E-state index >= 15 is 0 Å². The van der Waals surface area contributed by atoms with Crippen LogP contribution in [0.25, 0.3) is 0 Å². The first-order valence-electron chi connectivity index (χ1n) is 5.72. The van der Waals surface area contributed by atoms with Gasteiger partial charge in [0.05, 0.1) is 0 Å². The van der Waals surface area contributed by atoms with Crippen LogP contribution < -0.4 is 0 Å². The molecule has 3 nitrogen and oxygen atoms in total. The Labute approximate surface area is 95.8 Å². The van der Waals surface area contributed by atoms with Gasteiger partial charge in [0.2, 0.25) is 0 Å². The van der Waals surface area contributed by atoms with Crippen LogP contribution >= 0.6 is 11.6 Å². The Bertz CT molecular complexity index is 312. The van der Waals surface area contributed by atoms with Crippen LogP contribution in [0.1, 0.15) is 38.4 Å². The molecule has 1 aromatic rings. The molecule has 1 aromatic heterocycles. The van der Waals surface area contributed by atoms with E-state index in [-0.39, 0.29) is 0 Å². The van der Waals surface area contributed by atoms with E-state index in [0.717, 1.165) is 31.1 Å². The molecule has 0 saturated heterocycles. The molecule has 0 aliphatic heterocycles. The van der Waals surface area contributed by atoms with Crippen LogP contribution in [0.5, 0.6) is 0 Å². The predicted molar refractivity (Wildman–Crippen MR) is 61.0 cm³/mol. The average molecular weight is 228 g/mol. The molecule has 1 aliphatic rings. The quantitative estimate of drug-likeness (QED) is 0.725. The van der Waals surface area contributed by atoms with E-state index < -0.39 is 0 Å². The molecule has 1 saturated carbocycles. The number of hydrogen-bond acceptors (Lipinski definition) is 2. The van der Waals surface area contributed by atoms with Gasteiger partial charge in [0.1, 0.15) is 12.2 Å². The topological polar surface area (TPSA) is 30.7 Å². The minimum Gasteiger partial charge on any atom is -0.250 e. The molecular weight excluding hydrogens is 210 g/mol. The molecule has 84 valence electrons. The molecule has 0 N–H and O–H groups in total. The number of aryl methyl sites for hydroxylation is 1. The van der Waals surface area contributed by atoms with Gasteiger partial charge in [0.25, 0.3) is 0 Å². The lowest BCUT2D eigenvalue weighted by atomic mass is 9.68. The fourth-order valence-electron chi connectivity index (χ4n) is 2.19. The number of alkyl halides is 1. The highest BCUT2D eigenvalue weighted by Crippen LogP contribution is 2.44. The van der Waals surface area contributed by atoms with Gasteiger partial charge in [-0.15, -0.1) is 11.6 Å². The van der Waals surface area contributed by atoms with E-state index in [1.807, 2.05) is 4.68 Å². The predicted octanol–water partition coefficient (Wildman–Crippen LogP) is 2.64. The number of hydrogen-bond donors (Lipinski definition) is 0. The molecule has 4 heteroatoms. The Morgan fingerprint density at radius 1 is 1.53 bits per heavy atom. The summed E-state index contributed by atoms with van der Waals surface area (Å²) < 4.78 is 2.02. The summed E-state index contributed by atoms with van der Waals surface area (Å²) in [5, 5.41) is 4.25. The van der Waals surface area contributed by atoms with Crippen LogP contribution in [0, 0.1) is 5.41 Å². The van der Waals surface area contributed by atoms with E-state index in [1.54, 1.807) is 6.33 Å². The first-order chi connectivity index (χ1) is 7.29. The van der Waals surface area contributed by atoms with Gasteiger partial charge >= 0.3 is 0 Å². The van der Waals surface area contributed by atoms with Crippen LogP contribution in [0.15, 0.2) is 6.33 Å². The molecule has 1 aliphatic carbocycles. The number of aromatic nitrogens is 3. The van der Waals surface area contributed by atoms with Crippen LogP contribution in [-0.4, -0.2) is 20.6 Å². The van der Waals surface area contributed by atoms with Crippen molar-refractivity contribution in [2.75, 3.05) is 5.88 Å². The normalized spacial score (nSPS) is 18.8. The summed E-state index contributed by atoms with van der Waals surface area (Å²) >= 11 is 6.05. The van der Waals surface area contributed by atoms with Gasteiger partial charge in [-0.2, -0.15) is 5.10 Å². The summed E-state index contributed by atoms with van der Waals surface area (Å²) in [6, 6.07) is 0. The third-order valence-corrected chi connectivity index (χ3v) is 3.93. The van der Waals surface area contributed by atoms with Gasteiger partial charge in [-0.1, -0.05) is 13.3 Å². The summed E-state index contributed by atoms with van der Waals surface area (Å²) in [4.78, 5) is 4.34. The highest BCUT2D eigenvalue weighted by Gasteiger charge is 2.37. The maximum Gasteiger partial charge on any atom is 0.138 e. The second-order valence-corrected chi connectivity index (χ2v) is 4.83. The van der Waals surface area contributed by atoms with Gasteiger partial charge in [-0.05, 0) is 24.7 Å². The molecule has 0 radical (unpaired) electrons.